The second kappa shape index (κ2) is 8.76. The van der Waals surface area contributed by atoms with Gasteiger partial charge in [-0.1, -0.05) is 27.7 Å². The van der Waals surface area contributed by atoms with Gasteiger partial charge in [-0.3, -0.25) is 4.72 Å². The SMILES string of the molecule is CCCS(=O)(=O)Nc1ccc(F)c(-c2nc(C(C)(C)C)sc2-c2ccnc(Cl)n2)c1F. The van der Waals surface area contributed by atoms with Gasteiger partial charge >= 0.3 is 0 Å². The molecule has 2 aromatic heterocycles. The lowest BCUT2D eigenvalue weighted by Crippen LogP contribution is -2.17. The van der Waals surface area contributed by atoms with Crippen LogP contribution in [0.3, 0.4) is 0 Å². The first-order valence-corrected chi connectivity index (χ1v) is 12.3. The quantitative estimate of drug-likeness (QED) is 0.455. The number of nitrogens with one attached hydrogen (secondary N) is 1. The number of hydrogen-bond donors (Lipinski definition) is 1. The first-order chi connectivity index (χ1) is 14.4. The van der Waals surface area contributed by atoms with Crippen LogP contribution >= 0.6 is 22.9 Å². The molecule has 3 aromatic rings. The van der Waals surface area contributed by atoms with E-state index in [4.69, 9.17) is 11.6 Å². The Balaban J connectivity index is 2.25. The third-order valence-corrected chi connectivity index (χ3v) is 7.36. The summed E-state index contributed by atoms with van der Waals surface area (Å²) in [6.07, 6.45) is 1.79. The number of anilines is 1. The maximum Gasteiger partial charge on any atom is 0.232 e. The van der Waals surface area contributed by atoms with Crippen LogP contribution in [0, 0.1) is 11.6 Å². The van der Waals surface area contributed by atoms with Gasteiger partial charge in [-0.2, -0.15) is 0 Å². The van der Waals surface area contributed by atoms with Gasteiger partial charge in [0.15, 0.2) is 5.82 Å². The van der Waals surface area contributed by atoms with Gasteiger partial charge in [-0.05, 0) is 36.2 Å². The minimum atomic E-state index is -3.77. The topological polar surface area (TPSA) is 84.8 Å². The highest BCUT2D eigenvalue weighted by Gasteiger charge is 2.28. The Morgan fingerprint density at radius 2 is 1.87 bits per heavy atom. The predicted octanol–water partition coefficient (Wildman–Crippen LogP) is 5.65. The summed E-state index contributed by atoms with van der Waals surface area (Å²) in [7, 11) is -3.77. The Morgan fingerprint density at radius 1 is 1.16 bits per heavy atom. The van der Waals surface area contributed by atoms with Crippen molar-refractivity contribution in [3.63, 3.8) is 0 Å². The normalized spacial score (nSPS) is 12.2. The van der Waals surface area contributed by atoms with Crippen molar-refractivity contribution in [2.24, 2.45) is 0 Å². The number of rotatable bonds is 6. The molecule has 0 aliphatic rings. The molecule has 3 rings (SSSR count). The molecule has 0 aliphatic heterocycles. The van der Waals surface area contributed by atoms with Crippen molar-refractivity contribution in [2.45, 2.75) is 39.5 Å². The van der Waals surface area contributed by atoms with Crippen molar-refractivity contribution in [1.29, 1.82) is 0 Å². The number of aromatic nitrogens is 3. The zero-order chi connectivity index (χ0) is 23.0. The Morgan fingerprint density at radius 3 is 2.48 bits per heavy atom. The smallest absolute Gasteiger partial charge is 0.232 e. The van der Waals surface area contributed by atoms with E-state index >= 15 is 4.39 Å². The highest BCUT2D eigenvalue weighted by molar-refractivity contribution is 7.92. The van der Waals surface area contributed by atoms with Crippen LogP contribution in [0.1, 0.15) is 39.1 Å². The average molecular weight is 487 g/mol. The summed E-state index contributed by atoms with van der Waals surface area (Å²) in [6, 6.07) is 3.63. The molecule has 0 saturated heterocycles. The van der Waals surface area contributed by atoms with Gasteiger partial charge in [0.1, 0.15) is 5.82 Å². The molecule has 11 heteroatoms. The molecule has 0 radical (unpaired) electrons. The molecule has 0 saturated carbocycles. The highest BCUT2D eigenvalue weighted by Crippen LogP contribution is 2.42. The fraction of sp³-hybridized carbons (Fsp3) is 0.350. The lowest BCUT2D eigenvalue weighted by molar-refractivity contribution is 0.580. The Bertz CT molecular complexity index is 1220. The van der Waals surface area contributed by atoms with E-state index in [9.17, 15) is 12.8 Å². The van der Waals surface area contributed by atoms with Gasteiger partial charge in [-0.25, -0.2) is 32.2 Å². The predicted molar refractivity (Wildman–Crippen MR) is 120 cm³/mol. The van der Waals surface area contributed by atoms with Gasteiger partial charge in [0, 0.05) is 11.6 Å². The summed E-state index contributed by atoms with van der Waals surface area (Å²) < 4.78 is 56.7. The van der Waals surface area contributed by atoms with Crippen molar-refractivity contribution in [2.75, 3.05) is 10.5 Å². The molecule has 0 spiro atoms. The molecule has 166 valence electrons. The molecule has 1 N–H and O–H groups in total. The van der Waals surface area contributed by atoms with E-state index in [0.29, 0.717) is 22.0 Å². The van der Waals surface area contributed by atoms with Gasteiger partial charge in [-0.15, -0.1) is 11.3 Å². The van der Waals surface area contributed by atoms with Gasteiger partial charge in [0.2, 0.25) is 15.3 Å². The molecular formula is C20H21ClF2N4O2S2. The molecule has 0 fully saturated rings. The largest absolute Gasteiger partial charge is 0.281 e. The number of nitrogens with zero attached hydrogens (tertiary/aromatic N) is 3. The van der Waals surface area contributed by atoms with E-state index in [2.05, 4.69) is 19.7 Å². The molecule has 0 unspecified atom stereocenters. The standard InChI is InChI=1S/C20H21ClF2N4O2S2/c1-5-10-31(28,29)27-12-7-6-11(22)14(15(12)23)16-17(13-8-9-24-19(21)25-13)30-18(26-16)20(2,3)4/h6-9,27H,5,10H2,1-4H3. The van der Waals surface area contributed by atoms with Crippen LogP contribution in [0.25, 0.3) is 21.8 Å². The second-order valence-electron chi connectivity index (χ2n) is 7.86. The molecule has 2 heterocycles. The molecule has 1 aromatic carbocycles. The maximum atomic E-state index is 15.4. The Kier molecular flexibility index (Phi) is 6.64. The van der Waals surface area contributed by atoms with E-state index in [1.165, 1.54) is 17.5 Å². The van der Waals surface area contributed by atoms with E-state index in [0.717, 1.165) is 12.1 Å². The summed E-state index contributed by atoms with van der Waals surface area (Å²) in [5, 5.41) is 0.610. The third kappa shape index (κ3) is 5.19. The maximum absolute atomic E-state index is 15.4. The molecule has 0 atom stereocenters. The van der Waals surface area contributed by atoms with E-state index in [1.54, 1.807) is 13.0 Å². The molecular weight excluding hydrogens is 466 g/mol. The first-order valence-electron chi connectivity index (χ1n) is 9.42. The average Bonchev–Trinajstić information content (AvgIpc) is 3.09. The molecule has 0 bridgehead atoms. The zero-order valence-corrected chi connectivity index (χ0v) is 19.7. The van der Waals surface area contributed by atoms with Gasteiger partial charge < -0.3 is 0 Å². The Labute approximate surface area is 188 Å². The van der Waals surface area contributed by atoms with E-state index < -0.39 is 32.6 Å². The lowest BCUT2D eigenvalue weighted by atomic mass is 9.98. The summed E-state index contributed by atoms with van der Waals surface area (Å²) >= 11 is 7.15. The number of benzene rings is 1. The van der Waals surface area contributed by atoms with Crippen molar-refractivity contribution < 1.29 is 17.2 Å². The van der Waals surface area contributed by atoms with Crippen LogP contribution in [0.15, 0.2) is 24.4 Å². The summed E-state index contributed by atoms with van der Waals surface area (Å²) in [6.45, 7) is 7.46. The molecule has 31 heavy (non-hydrogen) atoms. The van der Waals surface area contributed by atoms with Crippen molar-refractivity contribution >= 4 is 38.6 Å². The second-order valence-corrected chi connectivity index (χ2v) is 11.0. The summed E-state index contributed by atoms with van der Waals surface area (Å²) in [5.74, 6) is -2.11. The van der Waals surface area contributed by atoms with Crippen LogP contribution in [0.5, 0.6) is 0 Å². The zero-order valence-electron chi connectivity index (χ0n) is 17.3. The Hall–Kier alpha value is -2.17. The number of sulfonamides is 1. The summed E-state index contributed by atoms with van der Waals surface area (Å²) in [5.41, 5.74) is -0.799. The fourth-order valence-electron chi connectivity index (χ4n) is 2.78. The minimum absolute atomic E-state index is 0.0174. The monoisotopic (exact) mass is 486 g/mol. The summed E-state index contributed by atoms with van der Waals surface area (Å²) in [4.78, 5) is 12.9. The lowest BCUT2D eigenvalue weighted by Gasteiger charge is -2.14. The molecule has 0 amide bonds. The number of thiazole rings is 1. The van der Waals surface area contributed by atoms with Gasteiger partial charge in [0.05, 0.1) is 38.3 Å². The van der Waals surface area contributed by atoms with Gasteiger partial charge in [0.25, 0.3) is 0 Å². The van der Waals surface area contributed by atoms with E-state index in [1.807, 2.05) is 20.8 Å². The first kappa shape index (κ1) is 23.5. The minimum Gasteiger partial charge on any atom is -0.281 e. The van der Waals surface area contributed by atoms with Crippen molar-refractivity contribution in [3.8, 4) is 21.8 Å². The number of halogens is 3. The highest BCUT2D eigenvalue weighted by atomic mass is 35.5. The van der Waals surface area contributed by atoms with Crippen molar-refractivity contribution in [3.05, 3.63) is 46.3 Å². The van der Waals surface area contributed by atoms with E-state index in [-0.39, 0.29) is 22.4 Å². The number of hydrogen-bond acceptors (Lipinski definition) is 6. The van der Waals surface area contributed by atoms with Crippen LogP contribution in [0.4, 0.5) is 14.5 Å². The van der Waals surface area contributed by atoms with Crippen LogP contribution in [0.2, 0.25) is 5.28 Å². The van der Waals surface area contributed by atoms with Crippen LogP contribution < -0.4 is 4.72 Å². The fourth-order valence-corrected chi connectivity index (χ4v) is 5.16. The molecule has 0 aliphatic carbocycles. The van der Waals surface area contributed by atoms with Crippen LogP contribution in [-0.2, 0) is 15.4 Å². The third-order valence-electron chi connectivity index (χ3n) is 4.19. The van der Waals surface area contributed by atoms with Crippen LogP contribution in [-0.4, -0.2) is 29.1 Å². The molecule has 6 nitrogen and oxygen atoms in total. The van der Waals surface area contributed by atoms with Crippen molar-refractivity contribution in [1.82, 2.24) is 15.0 Å².